The zero-order chi connectivity index (χ0) is 13.1. The highest BCUT2D eigenvalue weighted by Crippen LogP contribution is 2.20. The standard InChI is InChI=1S/C12H8BrFN2O2/c13-8-6-7(4-5-9(8)14)15-12(18)10-2-1-3-11(17)16-10/h1-6H,(H,15,18)(H,16,17). The van der Waals surface area contributed by atoms with Crippen LogP contribution in [0.15, 0.2) is 45.7 Å². The Labute approximate surface area is 110 Å². The number of carbonyl (C=O) groups excluding carboxylic acids is 1. The van der Waals surface area contributed by atoms with Crippen LogP contribution < -0.4 is 10.9 Å². The van der Waals surface area contributed by atoms with Gasteiger partial charge in [-0.2, -0.15) is 0 Å². The number of amides is 1. The highest BCUT2D eigenvalue weighted by Gasteiger charge is 2.08. The molecule has 2 rings (SSSR count). The van der Waals surface area contributed by atoms with Crippen molar-refractivity contribution < 1.29 is 9.18 Å². The van der Waals surface area contributed by atoms with E-state index < -0.39 is 11.7 Å². The lowest BCUT2D eigenvalue weighted by molar-refractivity contribution is 0.102. The molecule has 2 aromatic rings. The van der Waals surface area contributed by atoms with Gasteiger partial charge in [-0.3, -0.25) is 9.59 Å². The number of benzene rings is 1. The van der Waals surface area contributed by atoms with E-state index >= 15 is 0 Å². The number of anilines is 1. The normalized spacial score (nSPS) is 10.1. The van der Waals surface area contributed by atoms with E-state index in [0.717, 1.165) is 0 Å². The third-order valence-electron chi connectivity index (χ3n) is 2.19. The zero-order valence-corrected chi connectivity index (χ0v) is 10.6. The summed E-state index contributed by atoms with van der Waals surface area (Å²) in [6.07, 6.45) is 0. The molecule has 0 bridgehead atoms. The average molecular weight is 311 g/mol. The number of nitrogens with one attached hydrogen (secondary N) is 2. The van der Waals surface area contributed by atoms with Crippen LogP contribution in [0.5, 0.6) is 0 Å². The molecular formula is C12H8BrFN2O2. The van der Waals surface area contributed by atoms with Gasteiger partial charge in [-0.25, -0.2) is 4.39 Å². The monoisotopic (exact) mass is 310 g/mol. The molecule has 0 fully saturated rings. The molecule has 1 aromatic heterocycles. The first kappa shape index (κ1) is 12.5. The smallest absolute Gasteiger partial charge is 0.272 e. The number of hydrogen-bond donors (Lipinski definition) is 2. The van der Waals surface area contributed by atoms with Gasteiger partial charge in [0.25, 0.3) is 5.91 Å². The Morgan fingerprint density at radius 1 is 1.28 bits per heavy atom. The topological polar surface area (TPSA) is 62.0 Å². The molecule has 2 N–H and O–H groups in total. The predicted molar refractivity (Wildman–Crippen MR) is 69.1 cm³/mol. The molecule has 0 unspecified atom stereocenters. The number of rotatable bonds is 2. The average Bonchev–Trinajstić information content (AvgIpc) is 2.34. The number of H-pyrrole nitrogens is 1. The van der Waals surface area contributed by atoms with Crippen LogP contribution in [0.3, 0.4) is 0 Å². The van der Waals surface area contributed by atoms with Crippen molar-refractivity contribution in [2.24, 2.45) is 0 Å². The Kier molecular flexibility index (Phi) is 3.57. The Balaban J connectivity index is 2.21. The minimum Gasteiger partial charge on any atom is -0.321 e. The molecule has 0 saturated carbocycles. The van der Waals surface area contributed by atoms with Crippen LogP contribution in [0.2, 0.25) is 0 Å². The van der Waals surface area contributed by atoms with Gasteiger partial charge < -0.3 is 10.3 Å². The van der Waals surface area contributed by atoms with E-state index in [1.807, 2.05) is 0 Å². The van der Waals surface area contributed by atoms with Gasteiger partial charge in [0.15, 0.2) is 0 Å². The maximum absolute atomic E-state index is 13.0. The van der Waals surface area contributed by atoms with E-state index in [1.54, 1.807) is 0 Å². The number of hydrogen-bond acceptors (Lipinski definition) is 2. The Bertz CT molecular complexity index is 655. The number of aromatic nitrogens is 1. The minimum atomic E-state index is -0.466. The second-order valence-corrected chi connectivity index (χ2v) is 4.37. The van der Waals surface area contributed by atoms with Crippen molar-refractivity contribution >= 4 is 27.5 Å². The van der Waals surface area contributed by atoms with E-state index in [0.29, 0.717) is 5.69 Å². The first-order chi connectivity index (χ1) is 8.56. The Morgan fingerprint density at radius 2 is 2.06 bits per heavy atom. The molecule has 0 radical (unpaired) electrons. The van der Waals surface area contributed by atoms with Crippen LogP contribution in [0.4, 0.5) is 10.1 Å². The highest BCUT2D eigenvalue weighted by molar-refractivity contribution is 9.10. The van der Waals surface area contributed by atoms with Crippen molar-refractivity contribution in [3.8, 4) is 0 Å². The summed E-state index contributed by atoms with van der Waals surface area (Å²) in [6.45, 7) is 0. The molecule has 4 nitrogen and oxygen atoms in total. The zero-order valence-electron chi connectivity index (χ0n) is 9.04. The second-order valence-electron chi connectivity index (χ2n) is 3.51. The fourth-order valence-electron chi connectivity index (χ4n) is 1.35. The maximum atomic E-state index is 13.0. The van der Waals surface area contributed by atoms with Gasteiger partial charge in [0, 0.05) is 11.8 Å². The molecule has 92 valence electrons. The summed E-state index contributed by atoms with van der Waals surface area (Å²) in [4.78, 5) is 25.2. The molecule has 1 amide bonds. The van der Waals surface area contributed by atoms with Gasteiger partial charge in [0.2, 0.25) is 5.56 Å². The Morgan fingerprint density at radius 3 is 2.72 bits per heavy atom. The van der Waals surface area contributed by atoms with Crippen molar-refractivity contribution in [2.75, 3.05) is 5.32 Å². The lowest BCUT2D eigenvalue weighted by Crippen LogP contribution is -2.17. The molecule has 18 heavy (non-hydrogen) atoms. The first-order valence-corrected chi connectivity index (χ1v) is 5.81. The predicted octanol–water partition coefficient (Wildman–Crippen LogP) is 2.53. The van der Waals surface area contributed by atoms with Gasteiger partial charge in [0.1, 0.15) is 11.5 Å². The largest absolute Gasteiger partial charge is 0.321 e. The van der Waals surface area contributed by atoms with Crippen molar-refractivity contribution in [2.45, 2.75) is 0 Å². The van der Waals surface area contributed by atoms with Crippen molar-refractivity contribution in [1.82, 2.24) is 4.98 Å². The van der Waals surface area contributed by atoms with Crippen LogP contribution in [0.1, 0.15) is 10.5 Å². The van der Waals surface area contributed by atoms with Crippen LogP contribution in [0, 0.1) is 5.82 Å². The summed E-state index contributed by atoms with van der Waals surface area (Å²) in [5.74, 6) is -0.882. The fraction of sp³-hybridized carbons (Fsp3) is 0. The van der Waals surface area contributed by atoms with Crippen molar-refractivity contribution in [3.63, 3.8) is 0 Å². The van der Waals surface area contributed by atoms with Gasteiger partial charge in [0.05, 0.1) is 4.47 Å². The number of aromatic amines is 1. The maximum Gasteiger partial charge on any atom is 0.272 e. The van der Waals surface area contributed by atoms with E-state index in [4.69, 9.17) is 0 Å². The lowest BCUT2D eigenvalue weighted by Gasteiger charge is -2.05. The highest BCUT2D eigenvalue weighted by atomic mass is 79.9. The molecule has 0 aliphatic carbocycles. The van der Waals surface area contributed by atoms with Gasteiger partial charge >= 0.3 is 0 Å². The number of halogens is 2. The van der Waals surface area contributed by atoms with Gasteiger partial charge in [-0.15, -0.1) is 0 Å². The summed E-state index contributed by atoms with van der Waals surface area (Å²) >= 11 is 3.02. The summed E-state index contributed by atoms with van der Waals surface area (Å²) in [7, 11) is 0. The number of pyridine rings is 1. The molecule has 1 heterocycles. The van der Waals surface area contributed by atoms with Crippen molar-refractivity contribution in [3.05, 3.63) is 62.7 Å². The fourth-order valence-corrected chi connectivity index (χ4v) is 1.73. The number of carbonyl (C=O) groups is 1. The first-order valence-electron chi connectivity index (χ1n) is 5.02. The van der Waals surface area contributed by atoms with Crippen LogP contribution >= 0.6 is 15.9 Å². The molecule has 1 aromatic carbocycles. The molecule has 6 heteroatoms. The summed E-state index contributed by atoms with van der Waals surface area (Å²) < 4.78 is 13.3. The summed E-state index contributed by atoms with van der Waals surface area (Å²) in [5, 5.41) is 2.55. The summed E-state index contributed by atoms with van der Waals surface area (Å²) in [6, 6.07) is 8.37. The van der Waals surface area contributed by atoms with E-state index in [1.165, 1.54) is 36.4 Å². The molecule has 0 aliphatic rings. The second kappa shape index (κ2) is 5.14. The summed E-state index contributed by atoms with van der Waals surface area (Å²) in [5.41, 5.74) is 0.212. The van der Waals surface area contributed by atoms with E-state index in [-0.39, 0.29) is 15.7 Å². The molecule has 0 aliphatic heterocycles. The van der Waals surface area contributed by atoms with E-state index in [9.17, 15) is 14.0 Å². The van der Waals surface area contributed by atoms with Crippen molar-refractivity contribution in [1.29, 1.82) is 0 Å². The van der Waals surface area contributed by atoms with Crippen LogP contribution in [-0.4, -0.2) is 10.9 Å². The van der Waals surface area contributed by atoms with Gasteiger partial charge in [-0.1, -0.05) is 6.07 Å². The lowest BCUT2D eigenvalue weighted by atomic mass is 10.3. The third-order valence-corrected chi connectivity index (χ3v) is 2.80. The molecule has 0 spiro atoms. The SMILES string of the molecule is O=C(Nc1ccc(F)c(Br)c1)c1cccc(=O)[nH]1. The van der Waals surface area contributed by atoms with Gasteiger partial charge in [-0.05, 0) is 40.2 Å². The van der Waals surface area contributed by atoms with Crippen LogP contribution in [-0.2, 0) is 0 Å². The van der Waals surface area contributed by atoms with Crippen LogP contribution in [0.25, 0.3) is 0 Å². The molecule has 0 atom stereocenters. The molecular weight excluding hydrogens is 303 g/mol. The minimum absolute atomic E-state index is 0.142. The quantitative estimate of drug-likeness (QED) is 0.895. The third kappa shape index (κ3) is 2.84. The Hall–Kier alpha value is -1.95. The van der Waals surface area contributed by atoms with E-state index in [2.05, 4.69) is 26.2 Å². The molecule has 0 saturated heterocycles.